The average molecular weight is 489 g/mol. The molecule has 0 spiro atoms. The third kappa shape index (κ3) is 4.36. The largest absolute Gasteiger partial charge is 0.444 e. The van der Waals surface area contributed by atoms with E-state index in [0.717, 1.165) is 53.7 Å². The van der Waals surface area contributed by atoms with E-state index in [0.29, 0.717) is 30.9 Å². The van der Waals surface area contributed by atoms with Gasteiger partial charge >= 0.3 is 6.09 Å². The maximum Gasteiger partial charge on any atom is 0.410 e. The molecule has 3 aromatic rings. The number of hydrogen-bond donors (Lipinski definition) is 1. The maximum absolute atomic E-state index is 12.3. The molecule has 6 rings (SSSR count). The summed E-state index contributed by atoms with van der Waals surface area (Å²) >= 11 is 0. The number of hydrogen-bond acceptors (Lipinski definition) is 8. The third-order valence-corrected chi connectivity index (χ3v) is 6.80. The quantitative estimate of drug-likeness (QED) is 0.459. The molecule has 2 fully saturated rings. The van der Waals surface area contributed by atoms with Crippen molar-refractivity contribution in [3.05, 3.63) is 41.6 Å². The molecule has 2 aliphatic carbocycles. The summed E-state index contributed by atoms with van der Waals surface area (Å²) in [6.07, 6.45) is 6.71. The van der Waals surface area contributed by atoms with E-state index in [1.165, 1.54) is 12.8 Å². The smallest absolute Gasteiger partial charge is 0.410 e. The molecule has 188 valence electrons. The number of amides is 1. The van der Waals surface area contributed by atoms with Crippen LogP contribution in [0, 0.1) is 6.92 Å². The molecule has 1 aliphatic heterocycles. The van der Waals surface area contributed by atoms with Gasteiger partial charge in [0.1, 0.15) is 17.2 Å². The van der Waals surface area contributed by atoms with E-state index in [4.69, 9.17) is 14.7 Å². The SMILES string of the molecule is Cc1nc2c(n1C1CC1)-c1nc(Nc3ccc(N4CCN(C(=O)OC(C)(C)C)CC4)cn3)ncc1C2. The maximum atomic E-state index is 12.3. The van der Waals surface area contributed by atoms with Crippen LogP contribution in [0.3, 0.4) is 0 Å². The molecule has 1 saturated carbocycles. The number of rotatable bonds is 4. The standard InChI is InChI=1S/C26H32N8O2/c1-16-29-20-13-17-14-28-24(31-22(17)23(20)34(16)18-5-6-18)30-21-8-7-19(15-27-21)32-9-11-33(12-10-32)25(35)36-26(2,3)4/h7-8,14-15,18H,5-6,9-13H2,1-4H3,(H,27,28,30,31). The van der Waals surface area contributed by atoms with Gasteiger partial charge in [0, 0.05) is 50.4 Å². The molecule has 1 N–H and O–H groups in total. The fourth-order valence-electron chi connectivity index (χ4n) is 4.97. The molecule has 36 heavy (non-hydrogen) atoms. The summed E-state index contributed by atoms with van der Waals surface area (Å²) in [7, 11) is 0. The molecule has 10 heteroatoms. The number of imidazole rings is 1. The van der Waals surface area contributed by atoms with Crippen LogP contribution in [0.5, 0.6) is 0 Å². The number of anilines is 3. The van der Waals surface area contributed by atoms with Gasteiger partial charge in [0.15, 0.2) is 0 Å². The first-order valence-corrected chi connectivity index (χ1v) is 12.6. The Kier molecular flexibility index (Phi) is 5.35. The topological polar surface area (TPSA) is 101 Å². The second-order valence-electron chi connectivity index (χ2n) is 10.8. The van der Waals surface area contributed by atoms with Crippen molar-refractivity contribution in [3.8, 4) is 11.4 Å². The molecule has 1 saturated heterocycles. The van der Waals surface area contributed by atoms with Gasteiger partial charge < -0.3 is 24.4 Å². The number of aryl methyl sites for hydroxylation is 1. The Hall–Kier alpha value is -3.69. The van der Waals surface area contributed by atoms with Gasteiger partial charge in [-0.25, -0.2) is 24.7 Å². The van der Waals surface area contributed by atoms with E-state index in [2.05, 4.69) is 31.7 Å². The Morgan fingerprint density at radius 2 is 1.83 bits per heavy atom. The first-order chi connectivity index (χ1) is 17.2. The van der Waals surface area contributed by atoms with E-state index in [9.17, 15) is 4.79 Å². The van der Waals surface area contributed by atoms with Crippen LogP contribution < -0.4 is 10.2 Å². The summed E-state index contributed by atoms with van der Waals surface area (Å²) in [5.41, 5.74) is 4.91. The van der Waals surface area contributed by atoms with Gasteiger partial charge in [-0.1, -0.05) is 0 Å². The van der Waals surface area contributed by atoms with E-state index in [-0.39, 0.29) is 6.09 Å². The lowest BCUT2D eigenvalue weighted by atomic mass is 10.2. The van der Waals surface area contributed by atoms with Crippen LogP contribution in [0.15, 0.2) is 24.5 Å². The van der Waals surface area contributed by atoms with Gasteiger partial charge in [0.05, 0.1) is 29.0 Å². The molecule has 0 radical (unpaired) electrons. The highest BCUT2D eigenvalue weighted by Crippen LogP contribution is 2.44. The molecule has 0 unspecified atom stereocenters. The lowest BCUT2D eigenvalue weighted by Crippen LogP contribution is -2.50. The number of piperazine rings is 1. The minimum absolute atomic E-state index is 0.253. The normalized spacial score (nSPS) is 17.1. The van der Waals surface area contributed by atoms with Gasteiger partial charge in [-0.15, -0.1) is 0 Å². The molecular formula is C26H32N8O2. The molecular weight excluding hydrogens is 456 g/mol. The minimum atomic E-state index is -0.483. The molecule has 1 amide bonds. The number of nitrogens with one attached hydrogen (secondary N) is 1. The lowest BCUT2D eigenvalue weighted by Gasteiger charge is -2.36. The zero-order valence-corrected chi connectivity index (χ0v) is 21.3. The summed E-state index contributed by atoms with van der Waals surface area (Å²) in [6.45, 7) is 10.5. The Morgan fingerprint density at radius 3 is 2.50 bits per heavy atom. The van der Waals surface area contributed by atoms with E-state index >= 15 is 0 Å². The predicted octanol–water partition coefficient (Wildman–Crippen LogP) is 4.08. The van der Waals surface area contributed by atoms with E-state index in [1.807, 2.05) is 45.3 Å². The van der Waals surface area contributed by atoms with Gasteiger partial charge in [0.2, 0.25) is 5.95 Å². The van der Waals surface area contributed by atoms with Crippen molar-refractivity contribution in [2.24, 2.45) is 0 Å². The van der Waals surface area contributed by atoms with Crippen molar-refractivity contribution in [2.45, 2.75) is 58.6 Å². The summed E-state index contributed by atoms with van der Waals surface area (Å²) in [6, 6.07) is 4.53. The van der Waals surface area contributed by atoms with Crippen molar-refractivity contribution >= 4 is 23.5 Å². The number of carbonyl (C=O) groups is 1. The van der Waals surface area contributed by atoms with E-state index < -0.39 is 5.60 Å². The van der Waals surface area contributed by atoms with Crippen LogP contribution in [0.4, 0.5) is 22.2 Å². The number of nitrogens with zero attached hydrogens (tertiary/aromatic N) is 7. The van der Waals surface area contributed by atoms with Crippen molar-refractivity contribution in [3.63, 3.8) is 0 Å². The average Bonchev–Trinajstić information content (AvgIpc) is 3.54. The zero-order chi connectivity index (χ0) is 25.0. The van der Waals surface area contributed by atoms with E-state index in [1.54, 1.807) is 4.90 Å². The second-order valence-corrected chi connectivity index (χ2v) is 10.8. The van der Waals surface area contributed by atoms with Crippen LogP contribution >= 0.6 is 0 Å². The minimum Gasteiger partial charge on any atom is -0.444 e. The molecule has 4 heterocycles. The molecule has 0 aromatic carbocycles. The van der Waals surface area contributed by atoms with Crippen molar-refractivity contribution in [2.75, 3.05) is 36.4 Å². The molecule has 3 aromatic heterocycles. The Morgan fingerprint density at radius 1 is 1.06 bits per heavy atom. The third-order valence-electron chi connectivity index (χ3n) is 6.80. The van der Waals surface area contributed by atoms with Crippen molar-refractivity contribution < 1.29 is 9.53 Å². The van der Waals surface area contributed by atoms with Crippen molar-refractivity contribution in [1.29, 1.82) is 0 Å². The number of ether oxygens (including phenoxy) is 1. The van der Waals surface area contributed by atoms with Crippen LogP contribution in [-0.4, -0.2) is 67.3 Å². The predicted molar refractivity (Wildman–Crippen MR) is 137 cm³/mol. The highest BCUT2D eigenvalue weighted by atomic mass is 16.6. The van der Waals surface area contributed by atoms with Crippen LogP contribution in [-0.2, 0) is 11.2 Å². The molecule has 3 aliphatic rings. The summed E-state index contributed by atoms with van der Waals surface area (Å²) in [5.74, 6) is 2.30. The first kappa shape index (κ1) is 22.8. The fraction of sp³-hybridized carbons (Fsp3) is 0.500. The number of pyridine rings is 1. The second kappa shape index (κ2) is 8.46. The number of fused-ring (bicyclic) bond motifs is 3. The fourth-order valence-corrected chi connectivity index (χ4v) is 4.97. The van der Waals surface area contributed by atoms with Crippen LogP contribution in [0.25, 0.3) is 11.4 Å². The Labute approximate surface area is 210 Å². The van der Waals surface area contributed by atoms with Crippen molar-refractivity contribution in [1.82, 2.24) is 29.4 Å². The highest BCUT2D eigenvalue weighted by Gasteiger charge is 2.34. The van der Waals surface area contributed by atoms with Gasteiger partial charge in [-0.3, -0.25) is 0 Å². The summed E-state index contributed by atoms with van der Waals surface area (Å²) < 4.78 is 7.85. The zero-order valence-electron chi connectivity index (χ0n) is 21.3. The van der Waals surface area contributed by atoms with Gasteiger partial charge in [0.25, 0.3) is 0 Å². The van der Waals surface area contributed by atoms with Gasteiger partial charge in [-0.2, -0.15) is 0 Å². The monoisotopic (exact) mass is 488 g/mol. The summed E-state index contributed by atoms with van der Waals surface area (Å²) in [5, 5.41) is 3.26. The first-order valence-electron chi connectivity index (χ1n) is 12.6. The number of carbonyl (C=O) groups excluding carboxylic acids is 1. The van der Waals surface area contributed by atoms with Crippen LogP contribution in [0.1, 0.15) is 56.7 Å². The Bertz CT molecular complexity index is 1300. The number of aromatic nitrogens is 5. The summed E-state index contributed by atoms with van der Waals surface area (Å²) in [4.78, 5) is 35.1. The lowest BCUT2D eigenvalue weighted by molar-refractivity contribution is 0.0240. The molecule has 10 nitrogen and oxygen atoms in total. The highest BCUT2D eigenvalue weighted by molar-refractivity contribution is 5.71. The molecule has 0 atom stereocenters. The van der Waals surface area contributed by atoms with Gasteiger partial charge in [-0.05, 0) is 52.7 Å². The Balaban J connectivity index is 1.11. The van der Waals surface area contributed by atoms with Crippen LogP contribution in [0.2, 0.25) is 0 Å². The molecule has 0 bridgehead atoms.